The fourth-order valence-corrected chi connectivity index (χ4v) is 3.63. The first kappa shape index (κ1) is 15.9. The molecule has 0 aliphatic heterocycles. The average molecular weight is 346 g/mol. The fourth-order valence-electron chi connectivity index (χ4n) is 2.38. The molecule has 0 aliphatic rings. The predicted octanol–water partition coefficient (Wildman–Crippen LogP) is 2.68. The molecule has 0 aliphatic carbocycles. The van der Waals surface area contributed by atoms with Crippen LogP contribution in [0.15, 0.2) is 53.6 Å². The molecular weight excluding hydrogens is 332 g/mol. The number of hydrogen-bond acceptors (Lipinski definition) is 4. The number of hydrogen-bond donors (Lipinski definition) is 3. The Morgan fingerprint density at radius 2 is 1.96 bits per heavy atom. The number of anilines is 1. The van der Waals surface area contributed by atoms with E-state index in [-0.39, 0.29) is 21.9 Å². The van der Waals surface area contributed by atoms with Crippen molar-refractivity contribution in [2.45, 2.75) is 4.90 Å². The zero-order chi connectivity index (χ0) is 17.3. The number of aromatic amines is 1. The van der Waals surface area contributed by atoms with Crippen LogP contribution in [0, 0.1) is 0 Å². The molecule has 3 N–H and O–H groups in total. The molecule has 0 spiro atoms. The number of carbonyl (C=O) groups is 1. The maximum atomic E-state index is 12.7. The normalized spacial score (nSPS) is 11.4. The molecule has 1 aromatic heterocycles. The lowest BCUT2D eigenvalue weighted by Crippen LogP contribution is -2.13. The van der Waals surface area contributed by atoms with E-state index in [1.807, 2.05) is 0 Å². The number of aromatic carboxylic acids is 1. The monoisotopic (exact) mass is 346 g/mol. The first-order chi connectivity index (χ1) is 11.4. The van der Waals surface area contributed by atoms with Crippen LogP contribution in [0.5, 0.6) is 5.75 Å². The summed E-state index contributed by atoms with van der Waals surface area (Å²) >= 11 is 0. The van der Waals surface area contributed by atoms with Crippen LogP contribution in [0.3, 0.4) is 0 Å². The number of H-pyrrole nitrogens is 1. The summed E-state index contributed by atoms with van der Waals surface area (Å²) in [5.74, 6) is -1.00. The average Bonchev–Trinajstić information content (AvgIpc) is 2.99. The fraction of sp³-hybridized carbons (Fsp3) is 0.0625. The number of carboxylic acids is 1. The number of ether oxygens (including phenoxy) is 1. The van der Waals surface area contributed by atoms with Gasteiger partial charge in [-0.1, -0.05) is 18.2 Å². The number of rotatable bonds is 5. The second-order valence-corrected chi connectivity index (χ2v) is 6.68. The van der Waals surface area contributed by atoms with Crippen molar-refractivity contribution in [2.24, 2.45) is 0 Å². The van der Waals surface area contributed by atoms with Crippen molar-refractivity contribution >= 4 is 32.6 Å². The van der Waals surface area contributed by atoms with E-state index in [1.54, 1.807) is 24.3 Å². The Morgan fingerprint density at radius 3 is 2.67 bits per heavy atom. The third kappa shape index (κ3) is 2.79. The minimum absolute atomic E-state index is 0.00175. The Labute approximate surface area is 137 Å². The van der Waals surface area contributed by atoms with E-state index < -0.39 is 16.0 Å². The van der Waals surface area contributed by atoms with Crippen LogP contribution in [0.25, 0.3) is 10.9 Å². The van der Waals surface area contributed by atoms with Crippen molar-refractivity contribution in [3.05, 3.63) is 54.2 Å². The number of fused-ring (bicyclic) bond motifs is 1. The van der Waals surface area contributed by atoms with Gasteiger partial charge in [-0.3, -0.25) is 4.72 Å². The van der Waals surface area contributed by atoms with Gasteiger partial charge in [-0.25, -0.2) is 13.2 Å². The van der Waals surface area contributed by atoms with Gasteiger partial charge < -0.3 is 14.8 Å². The van der Waals surface area contributed by atoms with Crippen molar-refractivity contribution in [3.63, 3.8) is 0 Å². The molecule has 3 aromatic rings. The van der Waals surface area contributed by atoms with Crippen molar-refractivity contribution in [2.75, 3.05) is 11.8 Å². The molecule has 0 unspecified atom stereocenters. The van der Waals surface area contributed by atoms with Gasteiger partial charge in [0.25, 0.3) is 10.0 Å². The number of para-hydroxylation sites is 1. The Hall–Kier alpha value is -3.00. The molecule has 0 bridgehead atoms. The third-order valence-electron chi connectivity index (χ3n) is 3.53. The molecular formula is C16H14N2O5S. The minimum Gasteiger partial charge on any atom is -0.495 e. The summed E-state index contributed by atoms with van der Waals surface area (Å²) in [6.45, 7) is 0. The first-order valence-electron chi connectivity index (χ1n) is 6.92. The van der Waals surface area contributed by atoms with Crippen LogP contribution in [-0.2, 0) is 10.0 Å². The molecule has 0 saturated heterocycles. The molecule has 0 saturated carbocycles. The molecule has 0 amide bonds. The highest BCUT2D eigenvalue weighted by Gasteiger charge is 2.21. The van der Waals surface area contributed by atoms with Gasteiger partial charge in [0.15, 0.2) is 0 Å². The lowest BCUT2D eigenvalue weighted by molar-refractivity contribution is 0.0696. The molecule has 1 heterocycles. The van der Waals surface area contributed by atoms with Gasteiger partial charge in [0.2, 0.25) is 0 Å². The third-order valence-corrected chi connectivity index (χ3v) is 4.94. The molecule has 7 nitrogen and oxygen atoms in total. The molecule has 2 aromatic carbocycles. The standard InChI is InChI=1S/C16H14N2O5S/c1-23-14-8-10(16(19)20)6-7-13(14)18-24(21,22)15-9-17-12-5-3-2-4-11(12)15/h2-9,17-18H,1H3,(H,19,20). The van der Waals surface area contributed by atoms with Crippen molar-refractivity contribution in [1.29, 1.82) is 0 Å². The lowest BCUT2D eigenvalue weighted by atomic mass is 10.2. The van der Waals surface area contributed by atoms with Gasteiger partial charge >= 0.3 is 5.97 Å². The van der Waals surface area contributed by atoms with E-state index in [2.05, 4.69) is 9.71 Å². The lowest BCUT2D eigenvalue weighted by Gasteiger charge is -2.12. The zero-order valence-electron chi connectivity index (χ0n) is 12.6. The molecule has 0 radical (unpaired) electrons. The smallest absolute Gasteiger partial charge is 0.335 e. The van der Waals surface area contributed by atoms with E-state index in [4.69, 9.17) is 9.84 Å². The SMILES string of the molecule is COc1cc(C(=O)O)ccc1NS(=O)(=O)c1c[nH]c2ccccc12. The molecule has 3 rings (SSSR count). The van der Waals surface area contributed by atoms with Crippen molar-refractivity contribution in [3.8, 4) is 5.75 Å². The number of benzene rings is 2. The van der Waals surface area contributed by atoms with Gasteiger partial charge in [-0.15, -0.1) is 0 Å². The van der Waals surface area contributed by atoms with Crippen LogP contribution >= 0.6 is 0 Å². The number of carboxylic acid groups (broad SMARTS) is 1. The highest BCUT2D eigenvalue weighted by molar-refractivity contribution is 7.93. The van der Waals surface area contributed by atoms with Gasteiger partial charge in [0, 0.05) is 17.1 Å². The van der Waals surface area contributed by atoms with E-state index in [0.29, 0.717) is 10.9 Å². The van der Waals surface area contributed by atoms with Gasteiger partial charge in [0.05, 0.1) is 18.4 Å². The van der Waals surface area contributed by atoms with E-state index in [9.17, 15) is 13.2 Å². The van der Waals surface area contributed by atoms with E-state index in [0.717, 1.165) is 0 Å². The quantitative estimate of drug-likeness (QED) is 0.658. The van der Waals surface area contributed by atoms with Gasteiger partial charge in [-0.05, 0) is 24.3 Å². The Kier molecular flexibility index (Phi) is 3.90. The van der Waals surface area contributed by atoms with Crippen LogP contribution in [0.1, 0.15) is 10.4 Å². The summed E-state index contributed by atoms with van der Waals surface area (Å²) in [6.07, 6.45) is 1.41. The molecule has 24 heavy (non-hydrogen) atoms. The number of aromatic nitrogens is 1. The van der Waals surface area contributed by atoms with E-state index in [1.165, 1.54) is 31.5 Å². The Morgan fingerprint density at radius 1 is 1.21 bits per heavy atom. The van der Waals surface area contributed by atoms with Crippen LogP contribution < -0.4 is 9.46 Å². The Balaban J connectivity index is 2.02. The highest BCUT2D eigenvalue weighted by atomic mass is 32.2. The number of sulfonamides is 1. The number of methoxy groups -OCH3 is 1. The summed E-state index contributed by atoms with van der Waals surface area (Å²) in [4.78, 5) is 14.0. The minimum atomic E-state index is -3.87. The van der Waals surface area contributed by atoms with Crippen LogP contribution in [0.2, 0.25) is 0 Å². The molecule has 0 atom stereocenters. The second kappa shape index (κ2) is 5.89. The largest absolute Gasteiger partial charge is 0.495 e. The van der Waals surface area contributed by atoms with E-state index >= 15 is 0 Å². The summed E-state index contributed by atoms with van der Waals surface area (Å²) in [5.41, 5.74) is 0.862. The van der Waals surface area contributed by atoms with Crippen LogP contribution in [0.4, 0.5) is 5.69 Å². The van der Waals surface area contributed by atoms with Crippen molar-refractivity contribution in [1.82, 2.24) is 4.98 Å². The number of nitrogens with one attached hydrogen (secondary N) is 2. The molecule has 8 heteroatoms. The first-order valence-corrected chi connectivity index (χ1v) is 8.41. The molecule has 124 valence electrons. The van der Waals surface area contributed by atoms with Gasteiger partial charge in [-0.2, -0.15) is 0 Å². The van der Waals surface area contributed by atoms with Crippen molar-refractivity contribution < 1.29 is 23.1 Å². The maximum absolute atomic E-state index is 12.7. The zero-order valence-corrected chi connectivity index (χ0v) is 13.4. The van der Waals surface area contributed by atoms with Gasteiger partial charge in [0.1, 0.15) is 10.6 Å². The topological polar surface area (TPSA) is 108 Å². The summed E-state index contributed by atoms with van der Waals surface area (Å²) in [6, 6.07) is 10.9. The second-order valence-electron chi connectivity index (χ2n) is 5.02. The summed E-state index contributed by atoms with van der Waals surface area (Å²) in [7, 11) is -2.53. The summed E-state index contributed by atoms with van der Waals surface area (Å²) in [5, 5.41) is 9.56. The molecule has 0 fully saturated rings. The highest BCUT2D eigenvalue weighted by Crippen LogP contribution is 2.30. The summed E-state index contributed by atoms with van der Waals surface area (Å²) < 4.78 is 32.8. The predicted molar refractivity (Wildman–Crippen MR) is 89.1 cm³/mol. The van der Waals surface area contributed by atoms with Crippen LogP contribution in [-0.4, -0.2) is 31.6 Å². The maximum Gasteiger partial charge on any atom is 0.335 e. The Bertz CT molecular complexity index is 1020.